The molecule has 0 amide bonds. The van der Waals surface area contributed by atoms with Crippen LogP contribution in [0.15, 0.2) is 12.2 Å². The lowest BCUT2D eigenvalue weighted by molar-refractivity contribution is 0.0757. The van der Waals surface area contributed by atoms with Gasteiger partial charge in [0, 0.05) is 0 Å². The summed E-state index contributed by atoms with van der Waals surface area (Å²) in [5.41, 5.74) is 0. The molecule has 0 aliphatic rings. The third-order valence-corrected chi connectivity index (χ3v) is 0.636. The third kappa shape index (κ3) is 5.66. The summed E-state index contributed by atoms with van der Waals surface area (Å²) >= 11 is 0. The van der Waals surface area contributed by atoms with Crippen molar-refractivity contribution in [3.63, 3.8) is 0 Å². The molecule has 8 heavy (non-hydrogen) atoms. The van der Waals surface area contributed by atoms with E-state index in [2.05, 4.69) is 23.7 Å². The zero-order valence-electron chi connectivity index (χ0n) is 4.88. The Morgan fingerprint density at radius 2 is 1.38 bits per heavy atom. The maximum atomic E-state index is 3.61. The van der Waals surface area contributed by atoms with Crippen LogP contribution in [0.25, 0.3) is 0 Å². The number of hydrogen-bond acceptors (Lipinski definition) is 0. The van der Waals surface area contributed by atoms with Gasteiger partial charge < -0.3 is 9.47 Å². The van der Waals surface area contributed by atoms with Crippen molar-refractivity contribution in [2.45, 2.75) is 0 Å². The molecule has 2 nitrogen and oxygen atoms in total. The smallest absolute Gasteiger partial charge is 0.138 e. The zero-order valence-corrected chi connectivity index (χ0v) is 4.88. The lowest BCUT2D eigenvalue weighted by Crippen LogP contribution is -1.88. The van der Waals surface area contributed by atoms with Crippen LogP contribution in [0.4, 0.5) is 0 Å². The largest absolute Gasteiger partial charge is 0.579 e. The molecule has 0 radical (unpaired) electrons. The Morgan fingerprint density at radius 3 is 1.62 bits per heavy atom. The fourth-order valence-electron chi connectivity index (χ4n) is 0.298. The van der Waals surface area contributed by atoms with E-state index in [0.717, 1.165) is 0 Å². The molecule has 0 heterocycles. The maximum absolute atomic E-state index is 3.61. The SMILES string of the molecule is [CH2-][OH+]C/C=C/C[OH+][CH2-]. The second-order valence-electron chi connectivity index (χ2n) is 1.28. The van der Waals surface area contributed by atoms with Crippen molar-refractivity contribution in [2.24, 2.45) is 0 Å². The predicted molar refractivity (Wildman–Crippen MR) is 34.0 cm³/mol. The molecule has 0 aromatic carbocycles. The summed E-state index contributed by atoms with van der Waals surface area (Å²) in [4.78, 5) is 0. The number of aliphatic hydroxyl groups is 4. The van der Waals surface area contributed by atoms with Crippen LogP contribution in [0.2, 0.25) is 0 Å². The molecule has 0 aliphatic heterocycles. The van der Waals surface area contributed by atoms with Crippen molar-refractivity contribution in [1.29, 1.82) is 0 Å². The van der Waals surface area contributed by atoms with Gasteiger partial charge in [-0.3, -0.25) is 0 Å². The molecule has 2 N–H and O–H groups in total. The first kappa shape index (κ1) is 7.66. The molecule has 0 unspecified atom stereocenters. The molecule has 0 aliphatic carbocycles. The molecule has 0 fully saturated rings. The normalized spacial score (nSPS) is 10.8. The van der Waals surface area contributed by atoms with Gasteiger partial charge in [-0.25, -0.2) is 0 Å². The molecular weight excluding hydrogens is 104 g/mol. The second kappa shape index (κ2) is 6.66. The molecule has 2 heteroatoms. The summed E-state index contributed by atoms with van der Waals surface area (Å²) in [6.45, 7) is 1.35. The molecule has 0 bridgehead atoms. The van der Waals surface area contributed by atoms with Gasteiger partial charge in [0.25, 0.3) is 0 Å². The highest BCUT2D eigenvalue weighted by Gasteiger charge is 1.71. The lowest BCUT2D eigenvalue weighted by atomic mass is 10.5. The van der Waals surface area contributed by atoms with Gasteiger partial charge >= 0.3 is 0 Å². The van der Waals surface area contributed by atoms with Crippen molar-refractivity contribution in [3.05, 3.63) is 26.4 Å². The Hall–Kier alpha value is -0.340. The summed E-state index contributed by atoms with van der Waals surface area (Å²) < 4.78 is 7.22. The van der Waals surface area contributed by atoms with E-state index in [4.69, 9.17) is 0 Å². The van der Waals surface area contributed by atoms with E-state index in [1.807, 2.05) is 12.2 Å². The van der Waals surface area contributed by atoms with Crippen LogP contribution in [0.1, 0.15) is 0 Å². The molecule has 0 rings (SSSR count). The van der Waals surface area contributed by atoms with E-state index in [-0.39, 0.29) is 0 Å². The Morgan fingerprint density at radius 1 is 1.00 bits per heavy atom. The molecule has 0 atom stereocenters. The quantitative estimate of drug-likeness (QED) is 0.284. The topological polar surface area (TPSA) is 25.6 Å². The van der Waals surface area contributed by atoms with Gasteiger partial charge in [-0.15, -0.1) is 0 Å². The highest BCUT2D eigenvalue weighted by Crippen LogP contribution is 1.71. The van der Waals surface area contributed by atoms with Crippen molar-refractivity contribution >= 4 is 0 Å². The summed E-state index contributed by atoms with van der Waals surface area (Å²) in [5, 5.41) is 0. The molecular formula is C6H12O2. The fourth-order valence-corrected chi connectivity index (χ4v) is 0.298. The van der Waals surface area contributed by atoms with Crippen LogP contribution in [0.5, 0.6) is 0 Å². The minimum absolute atomic E-state index is 0.676. The average Bonchev–Trinajstić information content (AvgIpc) is 1.81. The van der Waals surface area contributed by atoms with Crippen molar-refractivity contribution in [3.8, 4) is 0 Å². The maximum Gasteiger partial charge on any atom is 0.138 e. The number of hydrogen-bond donors (Lipinski definition) is 0. The van der Waals surface area contributed by atoms with Crippen LogP contribution >= 0.6 is 0 Å². The van der Waals surface area contributed by atoms with Gasteiger partial charge in [0.2, 0.25) is 0 Å². The first-order valence-electron chi connectivity index (χ1n) is 2.41. The lowest BCUT2D eigenvalue weighted by Gasteiger charge is -1.92. The molecule has 48 valence electrons. The Balaban J connectivity index is 2.83. The highest BCUT2D eigenvalue weighted by atomic mass is 16.5. The Bertz CT molecular complexity index is 51.5. The summed E-state index contributed by atoms with van der Waals surface area (Å²) in [5.74, 6) is 0. The van der Waals surface area contributed by atoms with Crippen LogP contribution in [-0.2, 0) is 0 Å². The molecule has 0 saturated carbocycles. The van der Waals surface area contributed by atoms with Gasteiger partial charge in [-0.2, -0.15) is 0 Å². The van der Waals surface area contributed by atoms with Crippen LogP contribution in [0, 0.1) is 14.2 Å². The monoisotopic (exact) mass is 116 g/mol. The zero-order chi connectivity index (χ0) is 6.24. The van der Waals surface area contributed by atoms with Crippen molar-refractivity contribution < 1.29 is 9.47 Å². The number of rotatable bonds is 4. The van der Waals surface area contributed by atoms with Gasteiger partial charge in [-0.05, 0) is 12.2 Å². The van der Waals surface area contributed by atoms with Gasteiger partial charge in [0.1, 0.15) is 13.2 Å². The van der Waals surface area contributed by atoms with E-state index >= 15 is 0 Å². The van der Waals surface area contributed by atoms with Gasteiger partial charge in [-0.1, -0.05) is 14.2 Å². The van der Waals surface area contributed by atoms with Crippen LogP contribution in [-0.4, -0.2) is 22.7 Å². The third-order valence-electron chi connectivity index (χ3n) is 0.636. The molecule has 0 saturated heterocycles. The number of ether oxygens (including phenoxy) is 2. The van der Waals surface area contributed by atoms with Gasteiger partial charge in [0.15, 0.2) is 0 Å². The highest BCUT2D eigenvalue weighted by molar-refractivity contribution is 4.80. The minimum Gasteiger partial charge on any atom is -0.579 e. The first-order valence-corrected chi connectivity index (χ1v) is 2.41. The summed E-state index contributed by atoms with van der Waals surface area (Å²) in [6.07, 6.45) is 3.81. The average molecular weight is 116 g/mol. The van der Waals surface area contributed by atoms with Crippen LogP contribution < -0.4 is 0 Å². The van der Waals surface area contributed by atoms with Crippen molar-refractivity contribution in [2.75, 3.05) is 13.2 Å². The Kier molecular flexibility index (Phi) is 6.38. The van der Waals surface area contributed by atoms with E-state index in [9.17, 15) is 0 Å². The summed E-state index contributed by atoms with van der Waals surface area (Å²) in [7, 11) is 6.62. The molecule has 0 aromatic heterocycles. The standard InChI is InChI=1S/C6H12O2/c1-7-5-3-4-6-8-2/h3-4,7-8H,1-2,5-6H2/b4-3+. The fraction of sp³-hybridized carbons (Fsp3) is 0.333. The van der Waals surface area contributed by atoms with Crippen LogP contribution in [0.3, 0.4) is 0 Å². The van der Waals surface area contributed by atoms with E-state index in [1.54, 1.807) is 0 Å². The minimum atomic E-state index is 0.676. The van der Waals surface area contributed by atoms with E-state index in [1.165, 1.54) is 0 Å². The van der Waals surface area contributed by atoms with E-state index in [0.29, 0.717) is 13.2 Å². The van der Waals surface area contributed by atoms with Crippen molar-refractivity contribution in [1.82, 2.24) is 0 Å². The first-order chi connectivity index (χ1) is 3.91. The molecule has 0 aromatic rings. The molecule has 0 spiro atoms. The second-order valence-corrected chi connectivity index (χ2v) is 1.28. The Labute approximate surface area is 50.1 Å². The predicted octanol–water partition coefficient (Wildman–Crippen LogP) is 0.182. The van der Waals surface area contributed by atoms with Gasteiger partial charge in [0.05, 0.1) is 0 Å². The van der Waals surface area contributed by atoms with E-state index < -0.39 is 0 Å². The summed E-state index contributed by atoms with van der Waals surface area (Å²) in [6, 6.07) is 0.